The third-order valence-corrected chi connectivity index (χ3v) is 6.47. The molecule has 1 amide bonds. The number of imidazole rings is 1. The summed E-state index contributed by atoms with van der Waals surface area (Å²) in [5, 5.41) is 0. The Balaban J connectivity index is 1.85. The number of hydrogen-bond acceptors (Lipinski definition) is 4. The first-order valence-corrected chi connectivity index (χ1v) is 12.9. The summed E-state index contributed by atoms with van der Waals surface area (Å²) >= 11 is 0. The van der Waals surface area contributed by atoms with Crippen molar-refractivity contribution in [2.75, 3.05) is 13.1 Å². The Morgan fingerprint density at radius 1 is 1.00 bits per heavy atom. The lowest BCUT2D eigenvalue weighted by Gasteiger charge is -2.40. The molecule has 6 heteroatoms. The van der Waals surface area contributed by atoms with Crippen molar-refractivity contribution in [3.05, 3.63) is 108 Å². The van der Waals surface area contributed by atoms with E-state index in [4.69, 9.17) is 10.7 Å². The fourth-order valence-electron chi connectivity index (χ4n) is 4.67. The summed E-state index contributed by atoms with van der Waals surface area (Å²) in [5.41, 5.74) is 10.2. The maximum atomic E-state index is 14.0. The summed E-state index contributed by atoms with van der Waals surface area (Å²) in [4.78, 5) is 25.5. The number of hydrogen-bond donors (Lipinski definition) is 1. The third kappa shape index (κ3) is 6.33. The molecule has 6 nitrogen and oxygen atoms in total. The second kappa shape index (κ2) is 11.5. The summed E-state index contributed by atoms with van der Waals surface area (Å²) in [6.45, 7) is 10.1. The number of benzene rings is 2. The smallest absolute Gasteiger partial charge is 0.256 e. The van der Waals surface area contributed by atoms with Gasteiger partial charge in [0.2, 0.25) is 0 Å². The van der Waals surface area contributed by atoms with Crippen molar-refractivity contribution in [2.45, 2.75) is 46.7 Å². The zero-order valence-electron chi connectivity index (χ0n) is 22.3. The number of carbonyl (C=O) groups excluding carboxylic acids is 1. The van der Waals surface area contributed by atoms with Gasteiger partial charge in [0.1, 0.15) is 5.82 Å². The van der Waals surface area contributed by atoms with Crippen LogP contribution >= 0.6 is 0 Å². The minimum atomic E-state index is -0.296. The molecule has 0 aliphatic rings. The van der Waals surface area contributed by atoms with Crippen molar-refractivity contribution < 1.29 is 4.79 Å². The van der Waals surface area contributed by atoms with Crippen molar-refractivity contribution >= 4 is 5.91 Å². The van der Waals surface area contributed by atoms with Crippen LogP contribution in [0.3, 0.4) is 0 Å². The van der Waals surface area contributed by atoms with E-state index in [9.17, 15) is 4.79 Å². The molecule has 0 saturated carbocycles. The molecule has 2 aromatic heterocycles. The van der Waals surface area contributed by atoms with E-state index >= 15 is 0 Å². The maximum absolute atomic E-state index is 14.0. The molecule has 2 aromatic carbocycles. The Labute approximate surface area is 220 Å². The van der Waals surface area contributed by atoms with Crippen LogP contribution in [0.15, 0.2) is 85.2 Å². The second-order valence-corrected chi connectivity index (χ2v) is 10.6. The van der Waals surface area contributed by atoms with Gasteiger partial charge in [0, 0.05) is 36.7 Å². The molecule has 1 atom stereocenters. The molecule has 0 aliphatic heterocycles. The number of carbonyl (C=O) groups is 1. The molecule has 37 heavy (non-hydrogen) atoms. The summed E-state index contributed by atoms with van der Waals surface area (Å²) in [7, 11) is 0. The van der Waals surface area contributed by atoms with Gasteiger partial charge < -0.3 is 15.2 Å². The number of nitrogens with zero attached hydrogens (tertiary/aromatic N) is 4. The van der Waals surface area contributed by atoms with Gasteiger partial charge in [-0.3, -0.25) is 9.78 Å². The van der Waals surface area contributed by atoms with Gasteiger partial charge in [-0.25, -0.2) is 4.98 Å². The van der Waals surface area contributed by atoms with Crippen LogP contribution in [-0.2, 0) is 6.54 Å². The quantitative estimate of drug-likeness (QED) is 0.315. The van der Waals surface area contributed by atoms with Crippen LogP contribution < -0.4 is 5.73 Å². The monoisotopic (exact) mass is 495 g/mol. The predicted molar refractivity (Wildman–Crippen MR) is 149 cm³/mol. The van der Waals surface area contributed by atoms with Gasteiger partial charge >= 0.3 is 0 Å². The number of rotatable bonds is 9. The molecule has 1 unspecified atom stereocenters. The number of pyridine rings is 1. The van der Waals surface area contributed by atoms with E-state index in [2.05, 4.69) is 60.8 Å². The number of amides is 1. The summed E-state index contributed by atoms with van der Waals surface area (Å²) in [6.07, 6.45) is 4.47. The molecule has 2 heterocycles. The molecule has 192 valence electrons. The fourth-order valence-corrected chi connectivity index (χ4v) is 4.67. The van der Waals surface area contributed by atoms with Gasteiger partial charge in [-0.1, -0.05) is 81.4 Å². The number of aryl methyl sites for hydroxylation is 1. The van der Waals surface area contributed by atoms with Crippen LogP contribution in [-0.4, -0.2) is 38.4 Å². The van der Waals surface area contributed by atoms with Crippen LogP contribution in [0.4, 0.5) is 0 Å². The van der Waals surface area contributed by atoms with Crippen molar-refractivity contribution in [1.29, 1.82) is 0 Å². The van der Waals surface area contributed by atoms with Crippen molar-refractivity contribution in [2.24, 2.45) is 11.1 Å². The first kappa shape index (κ1) is 26.3. The van der Waals surface area contributed by atoms with E-state index in [1.54, 1.807) is 6.20 Å². The molecular formula is C31H37N5O. The zero-order chi connectivity index (χ0) is 26.4. The standard InChI is InChI=1S/C31H37N5O/c1-23-16-17-26(20-33-23)30(37)36(19-11-18-32)28(31(2,3)4)29-34-27(25-14-9-6-10-15-25)22-35(29)21-24-12-7-5-8-13-24/h5-10,12-17,20,22,28H,11,18-19,21,32H2,1-4H3. The fraction of sp³-hybridized carbons (Fsp3) is 0.323. The molecule has 0 bridgehead atoms. The lowest BCUT2D eigenvalue weighted by molar-refractivity contribution is 0.0482. The number of nitrogens with two attached hydrogens (primary N) is 1. The van der Waals surface area contributed by atoms with Crippen LogP contribution in [0.5, 0.6) is 0 Å². The van der Waals surface area contributed by atoms with E-state index in [-0.39, 0.29) is 17.4 Å². The van der Waals surface area contributed by atoms with Gasteiger partial charge in [-0.2, -0.15) is 0 Å². The minimum absolute atomic E-state index is 0.0589. The Hall–Kier alpha value is -3.77. The van der Waals surface area contributed by atoms with Crippen molar-refractivity contribution in [3.8, 4) is 11.3 Å². The van der Waals surface area contributed by atoms with Gasteiger partial charge in [0.05, 0.1) is 17.3 Å². The lowest BCUT2D eigenvalue weighted by Crippen LogP contribution is -2.43. The molecule has 0 spiro atoms. The minimum Gasteiger partial charge on any atom is -0.330 e. The highest BCUT2D eigenvalue weighted by atomic mass is 16.2. The van der Waals surface area contributed by atoms with Crippen LogP contribution in [0.1, 0.15) is 60.7 Å². The molecule has 0 radical (unpaired) electrons. The SMILES string of the molecule is Cc1ccc(C(=O)N(CCCN)C(c2nc(-c3ccccc3)cn2Cc2ccccc2)C(C)(C)C)cn1. The molecule has 2 N–H and O–H groups in total. The Morgan fingerprint density at radius 3 is 2.27 bits per heavy atom. The summed E-state index contributed by atoms with van der Waals surface area (Å²) in [5.74, 6) is 0.803. The molecule has 0 saturated heterocycles. The van der Waals surface area contributed by atoms with E-state index in [1.807, 2.05) is 60.4 Å². The average molecular weight is 496 g/mol. The highest BCUT2D eigenvalue weighted by Gasteiger charge is 2.38. The van der Waals surface area contributed by atoms with E-state index in [1.165, 1.54) is 5.56 Å². The largest absolute Gasteiger partial charge is 0.330 e. The first-order chi connectivity index (χ1) is 17.8. The summed E-state index contributed by atoms with van der Waals surface area (Å²) in [6, 6.07) is 24.0. The highest BCUT2D eigenvalue weighted by Crippen LogP contribution is 2.39. The average Bonchev–Trinajstić information content (AvgIpc) is 3.29. The van der Waals surface area contributed by atoms with E-state index < -0.39 is 0 Å². The number of aromatic nitrogens is 3. The second-order valence-electron chi connectivity index (χ2n) is 10.6. The molecule has 0 aliphatic carbocycles. The Bertz CT molecular complexity index is 1290. The lowest BCUT2D eigenvalue weighted by atomic mass is 9.84. The van der Waals surface area contributed by atoms with Gasteiger partial charge in [0.15, 0.2) is 0 Å². The summed E-state index contributed by atoms with van der Waals surface area (Å²) < 4.78 is 2.20. The van der Waals surface area contributed by atoms with Crippen LogP contribution in [0.25, 0.3) is 11.3 Å². The predicted octanol–water partition coefficient (Wildman–Crippen LogP) is 5.88. The van der Waals surface area contributed by atoms with E-state index in [0.717, 1.165) is 22.8 Å². The van der Waals surface area contributed by atoms with Gasteiger partial charge in [-0.15, -0.1) is 0 Å². The normalized spacial score (nSPS) is 12.4. The Morgan fingerprint density at radius 2 is 1.68 bits per heavy atom. The zero-order valence-corrected chi connectivity index (χ0v) is 22.3. The van der Waals surface area contributed by atoms with Gasteiger partial charge in [0.25, 0.3) is 5.91 Å². The molecular weight excluding hydrogens is 458 g/mol. The van der Waals surface area contributed by atoms with Gasteiger partial charge in [-0.05, 0) is 43.0 Å². The van der Waals surface area contributed by atoms with Crippen molar-refractivity contribution in [1.82, 2.24) is 19.4 Å². The first-order valence-electron chi connectivity index (χ1n) is 12.9. The van der Waals surface area contributed by atoms with E-state index in [0.29, 0.717) is 31.6 Å². The maximum Gasteiger partial charge on any atom is 0.256 e. The third-order valence-electron chi connectivity index (χ3n) is 6.47. The van der Waals surface area contributed by atoms with Crippen molar-refractivity contribution in [3.63, 3.8) is 0 Å². The van der Waals surface area contributed by atoms with Crippen LogP contribution in [0, 0.1) is 12.3 Å². The van der Waals surface area contributed by atoms with Crippen LogP contribution in [0.2, 0.25) is 0 Å². The molecule has 4 aromatic rings. The Kier molecular flexibility index (Phi) is 8.19. The highest BCUT2D eigenvalue weighted by molar-refractivity contribution is 5.94. The topological polar surface area (TPSA) is 77.0 Å². The molecule has 0 fully saturated rings. The molecule has 4 rings (SSSR count).